The van der Waals surface area contributed by atoms with Crippen LogP contribution in [0.5, 0.6) is 0 Å². The smallest absolute Gasteiger partial charge is 0.225 e. The molecule has 9 heteroatoms. The maximum atomic E-state index is 13.8. The van der Waals surface area contributed by atoms with E-state index < -0.39 is 30.3 Å². The summed E-state index contributed by atoms with van der Waals surface area (Å²) in [5.74, 6) is -0.424. The lowest BCUT2D eigenvalue weighted by molar-refractivity contribution is -0.146. The van der Waals surface area contributed by atoms with Crippen LogP contribution >= 0.6 is 0 Å². The highest BCUT2D eigenvalue weighted by atomic mass is 16.5. The molecule has 1 saturated heterocycles. The highest BCUT2D eigenvalue weighted by Gasteiger charge is 2.42. The molecule has 2 rings (SSSR count). The molecule has 8 atom stereocenters. The van der Waals surface area contributed by atoms with E-state index in [1.165, 1.54) is 0 Å². The fourth-order valence-electron chi connectivity index (χ4n) is 6.19. The summed E-state index contributed by atoms with van der Waals surface area (Å²) in [6.07, 6.45) is 1.15. The summed E-state index contributed by atoms with van der Waals surface area (Å²) < 4.78 is 11.8. The quantitative estimate of drug-likeness (QED) is 0.299. The molecule has 0 aromatic heterocycles. The molecule has 0 aliphatic carbocycles. The first-order chi connectivity index (χ1) is 19.9. The molecule has 1 aromatic carbocycles. The van der Waals surface area contributed by atoms with E-state index in [0.29, 0.717) is 13.0 Å². The van der Waals surface area contributed by atoms with Crippen molar-refractivity contribution >= 4 is 17.7 Å². The number of ether oxygens (including phenoxy) is 2. The zero-order valence-corrected chi connectivity index (χ0v) is 27.2. The number of hydrogen-bond acceptors (Lipinski definition) is 6. The van der Waals surface area contributed by atoms with E-state index in [-0.39, 0.29) is 48.1 Å². The van der Waals surface area contributed by atoms with Crippen molar-refractivity contribution in [1.29, 1.82) is 0 Å². The molecule has 238 valence electrons. The van der Waals surface area contributed by atoms with E-state index in [4.69, 9.17) is 9.47 Å². The van der Waals surface area contributed by atoms with Crippen LogP contribution < -0.4 is 5.32 Å². The first-order valence-corrected chi connectivity index (χ1v) is 15.5. The number of likely N-dealkylation sites (N-methyl/N-ethyl adjacent to an activating group) is 1. The van der Waals surface area contributed by atoms with Crippen molar-refractivity contribution in [1.82, 2.24) is 15.1 Å². The summed E-state index contributed by atoms with van der Waals surface area (Å²) in [5.41, 5.74) is 0.730. The third-order valence-corrected chi connectivity index (χ3v) is 8.87. The van der Waals surface area contributed by atoms with Crippen molar-refractivity contribution < 1.29 is 29.0 Å². The lowest BCUT2D eigenvalue weighted by Gasteiger charge is -2.39. The van der Waals surface area contributed by atoms with Gasteiger partial charge in [-0.15, -0.1) is 0 Å². The molecule has 9 nitrogen and oxygen atoms in total. The Morgan fingerprint density at radius 1 is 1.05 bits per heavy atom. The van der Waals surface area contributed by atoms with Gasteiger partial charge in [-0.25, -0.2) is 0 Å². The Kier molecular flexibility index (Phi) is 14.4. The lowest BCUT2D eigenvalue weighted by atomic mass is 9.90. The average molecular weight is 590 g/mol. The molecule has 1 heterocycles. The normalized spacial score (nSPS) is 20.4. The van der Waals surface area contributed by atoms with Gasteiger partial charge in [0.05, 0.1) is 48.8 Å². The zero-order chi connectivity index (χ0) is 31.6. The second kappa shape index (κ2) is 17.0. The van der Waals surface area contributed by atoms with Crippen LogP contribution in [0.15, 0.2) is 30.3 Å². The average Bonchev–Trinajstić information content (AvgIpc) is 3.46. The number of aliphatic hydroxyl groups excluding tert-OH is 1. The first kappa shape index (κ1) is 35.7. The van der Waals surface area contributed by atoms with E-state index in [1.54, 1.807) is 33.0 Å². The number of rotatable bonds is 16. The molecule has 1 fully saturated rings. The molecule has 3 amide bonds. The van der Waals surface area contributed by atoms with E-state index in [2.05, 4.69) is 19.2 Å². The number of nitrogens with one attached hydrogen (secondary N) is 1. The van der Waals surface area contributed by atoms with Gasteiger partial charge in [0.15, 0.2) is 0 Å². The maximum Gasteiger partial charge on any atom is 0.225 e. The standard InChI is InChI=1S/C33H55N3O6/c1-10-22(4)30(35(7)28(37)19-21(2)3)27(41-8)20-29(38)36-18-14-17-26(36)32(42-9)23(5)33(40)34-24(6)31(39)25-15-12-11-13-16-25/h11-13,15-16,21-24,26-27,30-32,39H,10,14,17-20H2,1-9H3,(H,34,40)/t22-,23+,24+,26-,27+,30?,31+,32+/m0/s1. The van der Waals surface area contributed by atoms with E-state index in [9.17, 15) is 19.5 Å². The number of aliphatic hydroxyl groups is 1. The summed E-state index contributed by atoms with van der Waals surface area (Å²) in [6, 6.07) is 8.22. The zero-order valence-electron chi connectivity index (χ0n) is 27.2. The number of carbonyl (C=O) groups excluding carboxylic acids is 3. The molecule has 0 radical (unpaired) electrons. The van der Waals surface area contributed by atoms with Crippen molar-refractivity contribution in [3.8, 4) is 0 Å². The molecule has 1 aliphatic heterocycles. The Balaban J connectivity index is 2.15. The van der Waals surface area contributed by atoms with Gasteiger partial charge in [-0.3, -0.25) is 14.4 Å². The van der Waals surface area contributed by atoms with Gasteiger partial charge in [-0.1, -0.05) is 71.4 Å². The van der Waals surface area contributed by atoms with Crippen LogP contribution in [0.4, 0.5) is 0 Å². The van der Waals surface area contributed by atoms with Crippen molar-refractivity contribution in [2.45, 2.75) is 110 Å². The summed E-state index contributed by atoms with van der Waals surface area (Å²) in [5, 5.41) is 13.7. The van der Waals surface area contributed by atoms with Gasteiger partial charge in [0, 0.05) is 34.2 Å². The molecule has 42 heavy (non-hydrogen) atoms. The summed E-state index contributed by atoms with van der Waals surface area (Å²) >= 11 is 0. The minimum absolute atomic E-state index is 0.0507. The largest absolute Gasteiger partial charge is 0.386 e. The maximum absolute atomic E-state index is 13.8. The fourth-order valence-corrected chi connectivity index (χ4v) is 6.19. The lowest BCUT2D eigenvalue weighted by Crippen LogP contribution is -2.53. The minimum Gasteiger partial charge on any atom is -0.386 e. The van der Waals surface area contributed by atoms with E-state index in [0.717, 1.165) is 24.8 Å². The Hall–Kier alpha value is -2.49. The molecular weight excluding hydrogens is 534 g/mol. The fraction of sp³-hybridized carbons (Fsp3) is 0.727. The molecule has 1 unspecified atom stereocenters. The van der Waals surface area contributed by atoms with Gasteiger partial charge in [0.2, 0.25) is 17.7 Å². The first-order valence-electron chi connectivity index (χ1n) is 15.5. The third-order valence-electron chi connectivity index (χ3n) is 8.87. The molecule has 1 aliphatic rings. The Bertz CT molecular complexity index is 989. The monoisotopic (exact) mass is 589 g/mol. The number of carbonyl (C=O) groups is 3. The Morgan fingerprint density at radius 3 is 2.24 bits per heavy atom. The van der Waals surface area contributed by atoms with Gasteiger partial charge >= 0.3 is 0 Å². The van der Waals surface area contributed by atoms with Crippen LogP contribution in [0.3, 0.4) is 0 Å². The predicted molar refractivity (Wildman–Crippen MR) is 165 cm³/mol. The SMILES string of the molecule is CC[C@H](C)C([C@@H](CC(=O)N1CCC[C@H]1[C@H](OC)[C@@H](C)C(=O)N[C@H](C)[C@@H](O)c1ccccc1)OC)N(C)C(=O)CC(C)C. The molecular formula is C33H55N3O6. The second-order valence-corrected chi connectivity index (χ2v) is 12.4. The van der Waals surface area contributed by atoms with Crippen LogP contribution in [-0.2, 0) is 23.9 Å². The second-order valence-electron chi connectivity index (χ2n) is 12.4. The number of likely N-dealkylation sites (tertiary alicyclic amines) is 1. The van der Waals surface area contributed by atoms with E-state index in [1.807, 2.05) is 56.1 Å². The Morgan fingerprint density at radius 2 is 1.69 bits per heavy atom. The van der Waals surface area contributed by atoms with Crippen molar-refractivity contribution in [2.75, 3.05) is 27.8 Å². The van der Waals surface area contributed by atoms with Crippen LogP contribution in [-0.4, -0.2) is 90.8 Å². The van der Waals surface area contributed by atoms with Gasteiger partial charge in [-0.2, -0.15) is 0 Å². The van der Waals surface area contributed by atoms with Crippen molar-refractivity contribution in [3.63, 3.8) is 0 Å². The van der Waals surface area contributed by atoms with Gasteiger partial charge < -0.3 is 29.7 Å². The van der Waals surface area contributed by atoms with Crippen molar-refractivity contribution in [2.24, 2.45) is 17.8 Å². The number of benzene rings is 1. The van der Waals surface area contributed by atoms with Gasteiger partial charge in [-0.05, 0) is 37.2 Å². The van der Waals surface area contributed by atoms with Gasteiger partial charge in [0.25, 0.3) is 0 Å². The third kappa shape index (κ3) is 9.25. The molecule has 2 N–H and O–H groups in total. The molecule has 0 bridgehead atoms. The van der Waals surface area contributed by atoms with Crippen LogP contribution in [0.1, 0.15) is 85.3 Å². The summed E-state index contributed by atoms with van der Waals surface area (Å²) in [7, 11) is 4.99. The van der Waals surface area contributed by atoms with Crippen molar-refractivity contribution in [3.05, 3.63) is 35.9 Å². The molecule has 1 aromatic rings. The molecule has 0 spiro atoms. The Labute approximate surface area is 253 Å². The van der Waals surface area contributed by atoms with Crippen LogP contribution in [0.25, 0.3) is 0 Å². The highest BCUT2D eigenvalue weighted by molar-refractivity contribution is 5.81. The highest BCUT2D eigenvalue weighted by Crippen LogP contribution is 2.30. The summed E-state index contributed by atoms with van der Waals surface area (Å²) in [4.78, 5) is 43.7. The summed E-state index contributed by atoms with van der Waals surface area (Å²) in [6.45, 7) is 12.4. The van der Waals surface area contributed by atoms with Gasteiger partial charge in [0.1, 0.15) is 0 Å². The topological polar surface area (TPSA) is 108 Å². The minimum atomic E-state index is -0.845. The number of methoxy groups -OCH3 is 2. The van der Waals surface area contributed by atoms with E-state index >= 15 is 0 Å². The van der Waals surface area contributed by atoms with Crippen LogP contribution in [0, 0.1) is 17.8 Å². The predicted octanol–water partition coefficient (Wildman–Crippen LogP) is 4.19. The van der Waals surface area contributed by atoms with Crippen LogP contribution in [0.2, 0.25) is 0 Å². The molecule has 0 saturated carbocycles. The number of amides is 3. The number of hydrogen-bond donors (Lipinski definition) is 2. The number of nitrogens with zero attached hydrogens (tertiary/aromatic N) is 2.